The number of nitrogens with zero attached hydrogens (tertiary/aromatic N) is 5. The van der Waals surface area contributed by atoms with Crippen LogP contribution < -0.4 is 0 Å². The maximum absolute atomic E-state index is 13.4. The molecule has 1 saturated heterocycles. The van der Waals surface area contributed by atoms with Crippen molar-refractivity contribution in [3.8, 4) is 11.5 Å². The van der Waals surface area contributed by atoms with E-state index in [9.17, 15) is 13.6 Å². The Kier molecular flexibility index (Phi) is 4.85. The maximum Gasteiger partial charge on any atom is 0.254 e. The molecular formula is C20H19F2N5O. The first-order chi connectivity index (χ1) is 13.5. The van der Waals surface area contributed by atoms with Gasteiger partial charge in [0.15, 0.2) is 5.82 Å². The second-order valence-electron chi connectivity index (χ2n) is 7.02. The summed E-state index contributed by atoms with van der Waals surface area (Å²) in [5, 5.41) is 0. The Bertz CT molecular complexity index is 982. The quantitative estimate of drug-likeness (QED) is 0.695. The van der Waals surface area contributed by atoms with E-state index in [1.165, 1.54) is 0 Å². The number of likely N-dealkylation sites (tertiary alicyclic amines) is 1. The molecule has 2 aromatic heterocycles. The van der Waals surface area contributed by atoms with E-state index in [1.54, 1.807) is 23.5 Å². The van der Waals surface area contributed by atoms with Crippen LogP contribution >= 0.6 is 0 Å². The van der Waals surface area contributed by atoms with Crippen LogP contribution in [0.1, 0.15) is 22.5 Å². The first-order valence-electron chi connectivity index (χ1n) is 9.03. The van der Waals surface area contributed by atoms with Gasteiger partial charge in [0.25, 0.3) is 5.91 Å². The number of hydrogen-bond acceptors (Lipinski definition) is 4. The number of carbonyl (C=O) groups excluding carboxylic acids is 1. The molecule has 0 N–H and O–H groups in total. The highest BCUT2D eigenvalue weighted by Crippen LogP contribution is 2.23. The summed E-state index contributed by atoms with van der Waals surface area (Å²) in [6, 6.07) is 2.90. The average molecular weight is 383 g/mol. The molecule has 0 aliphatic carbocycles. The summed E-state index contributed by atoms with van der Waals surface area (Å²) in [6.07, 6.45) is 8.49. The molecule has 1 fully saturated rings. The van der Waals surface area contributed by atoms with Gasteiger partial charge in [-0.1, -0.05) is 0 Å². The number of hydrogen-bond donors (Lipinski definition) is 0. The van der Waals surface area contributed by atoms with Crippen LogP contribution in [0.3, 0.4) is 0 Å². The van der Waals surface area contributed by atoms with Crippen LogP contribution in [0.15, 0.2) is 43.0 Å². The molecule has 28 heavy (non-hydrogen) atoms. The minimum Gasteiger partial charge on any atom is -0.338 e. The normalized spacial score (nSPS) is 16.5. The van der Waals surface area contributed by atoms with Gasteiger partial charge < -0.3 is 9.47 Å². The molecule has 1 aliphatic rings. The number of carbonyl (C=O) groups is 1. The highest BCUT2D eigenvalue weighted by atomic mass is 19.1. The molecule has 3 aromatic rings. The summed E-state index contributed by atoms with van der Waals surface area (Å²) < 4.78 is 28.6. The zero-order valence-corrected chi connectivity index (χ0v) is 15.3. The molecule has 1 atom stereocenters. The number of aromatic nitrogens is 4. The third-order valence-corrected chi connectivity index (χ3v) is 4.94. The van der Waals surface area contributed by atoms with Gasteiger partial charge in [-0.15, -0.1) is 0 Å². The molecule has 1 aliphatic heterocycles. The van der Waals surface area contributed by atoms with E-state index in [4.69, 9.17) is 0 Å². The monoisotopic (exact) mass is 383 g/mol. The van der Waals surface area contributed by atoms with E-state index < -0.39 is 11.6 Å². The second-order valence-corrected chi connectivity index (χ2v) is 7.02. The van der Waals surface area contributed by atoms with Crippen molar-refractivity contribution in [2.24, 2.45) is 13.0 Å². The molecule has 4 rings (SSSR count). The molecule has 0 radical (unpaired) electrons. The Labute approximate surface area is 160 Å². The van der Waals surface area contributed by atoms with Crippen LogP contribution in [0.4, 0.5) is 8.78 Å². The first-order valence-corrected chi connectivity index (χ1v) is 9.03. The lowest BCUT2D eigenvalue weighted by Gasteiger charge is -2.16. The highest BCUT2D eigenvalue weighted by molar-refractivity contribution is 5.94. The molecule has 3 heterocycles. The number of imidazole rings is 1. The summed E-state index contributed by atoms with van der Waals surface area (Å²) in [5.41, 5.74) is 1.58. The number of benzene rings is 1. The molecule has 0 unspecified atom stereocenters. The SMILES string of the molecule is Cn1ccnc1-c1cnc(C[C@H]2CCN(C(=O)c3cc(F)cc(F)c3)C2)cn1. The topological polar surface area (TPSA) is 63.9 Å². The minimum atomic E-state index is -0.748. The fraction of sp³-hybridized carbons (Fsp3) is 0.300. The lowest BCUT2D eigenvalue weighted by molar-refractivity contribution is 0.0786. The van der Waals surface area contributed by atoms with Gasteiger partial charge in [-0.3, -0.25) is 9.78 Å². The Hall–Kier alpha value is -3.16. The van der Waals surface area contributed by atoms with E-state index in [1.807, 2.05) is 17.8 Å². The number of aryl methyl sites for hydroxylation is 1. The predicted octanol–water partition coefficient (Wildman–Crippen LogP) is 2.86. The van der Waals surface area contributed by atoms with E-state index in [2.05, 4.69) is 15.0 Å². The van der Waals surface area contributed by atoms with E-state index >= 15 is 0 Å². The number of rotatable bonds is 4. The highest BCUT2D eigenvalue weighted by Gasteiger charge is 2.28. The van der Waals surface area contributed by atoms with E-state index in [0.717, 1.165) is 36.1 Å². The van der Waals surface area contributed by atoms with Gasteiger partial charge in [0.2, 0.25) is 0 Å². The van der Waals surface area contributed by atoms with Crippen LogP contribution in [0.25, 0.3) is 11.5 Å². The Morgan fingerprint density at radius 3 is 2.57 bits per heavy atom. The average Bonchev–Trinajstić information content (AvgIpc) is 3.30. The van der Waals surface area contributed by atoms with Gasteiger partial charge in [0, 0.05) is 50.4 Å². The third kappa shape index (κ3) is 3.76. The number of amides is 1. The fourth-order valence-corrected chi connectivity index (χ4v) is 3.53. The van der Waals surface area contributed by atoms with Gasteiger partial charge >= 0.3 is 0 Å². The van der Waals surface area contributed by atoms with Crippen LogP contribution in [0.2, 0.25) is 0 Å². The molecule has 0 saturated carbocycles. The fourth-order valence-electron chi connectivity index (χ4n) is 3.53. The summed E-state index contributed by atoms with van der Waals surface area (Å²) in [5.74, 6) is -0.865. The van der Waals surface area contributed by atoms with Crippen molar-refractivity contribution in [3.63, 3.8) is 0 Å². The molecule has 144 valence electrons. The summed E-state index contributed by atoms with van der Waals surface area (Å²) in [7, 11) is 1.90. The first kappa shape index (κ1) is 18.2. The third-order valence-electron chi connectivity index (χ3n) is 4.94. The van der Waals surface area contributed by atoms with E-state index in [-0.39, 0.29) is 17.4 Å². The van der Waals surface area contributed by atoms with Gasteiger partial charge in [-0.2, -0.15) is 0 Å². The molecule has 1 amide bonds. The zero-order valence-electron chi connectivity index (χ0n) is 15.3. The summed E-state index contributed by atoms with van der Waals surface area (Å²) >= 11 is 0. The molecule has 6 nitrogen and oxygen atoms in total. The Morgan fingerprint density at radius 2 is 1.93 bits per heavy atom. The molecular weight excluding hydrogens is 364 g/mol. The van der Waals surface area contributed by atoms with Crippen LogP contribution in [0, 0.1) is 17.6 Å². The van der Waals surface area contributed by atoms with Crippen LogP contribution in [0.5, 0.6) is 0 Å². The largest absolute Gasteiger partial charge is 0.338 e. The smallest absolute Gasteiger partial charge is 0.254 e. The van der Waals surface area contributed by atoms with Crippen molar-refractivity contribution in [1.82, 2.24) is 24.4 Å². The number of halogens is 2. The Balaban J connectivity index is 1.39. The summed E-state index contributed by atoms with van der Waals surface area (Å²) in [4.78, 5) is 27.3. The molecule has 0 spiro atoms. The van der Waals surface area contributed by atoms with Crippen molar-refractivity contribution in [2.45, 2.75) is 12.8 Å². The maximum atomic E-state index is 13.4. The van der Waals surface area contributed by atoms with Crippen molar-refractivity contribution < 1.29 is 13.6 Å². The van der Waals surface area contributed by atoms with Crippen molar-refractivity contribution in [3.05, 3.63) is 65.9 Å². The van der Waals surface area contributed by atoms with Crippen LogP contribution in [-0.4, -0.2) is 43.4 Å². The van der Waals surface area contributed by atoms with Gasteiger partial charge in [0.1, 0.15) is 17.3 Å². The van der Waals surface area contributed by atoms with Gasteiger partial charge in [0.05, 0.1) is 11.9 Å². The van der Waals surface area contributed by atoms with Gasteiger partial charge in [-0.25, -0.2) is 18.7 Å². The second kappa shape index (κ2) is 7.46. The van der Waals surface area contributed by atoms with Gasteiger partial charge in [-0.05, 0) is 30.9 Å². The molecule has 0 bridgehead atoms. The predicted molar refractivity (Wildman–Crippen MR) is 98.3 cm³/mol. The zero-order chi connectivity index (χ0) is 19.7. The standard InChI is InChI=1S/C20H19F2N5O/c1-26-5-3-23-19(26)18-11-24-17(10-25-18)6-13-2-4-27(12-13)20(28)14-7-15(21)9-16(22)8-14/h3,5,7-11,13H,2,4,6,12H2,1H3/t13-/m1/s1. The van der Waals surface area contributed by atoms with Crippen molar-refractivity contribution in [2.75, 3.05) is 13.1 Å². The molecule has 1 aromatic carbocycles. The summed E-state index contributed by atoms with van der Waals surface area (Å²) in [6.45, 7) is 1.08. The Morgan fingerprint density at radius 1 is 1.14 bits per heavy atom. The van der Waals surface area contributed by atoms with Crippen LogP contribution in [-0.2, 0) is 13.5 Å². The van der Waals surface area contributed by atoms with Crippen molar-refractivity contribution >= 4 is 5.91 Å². The minimum absolute atomic E-state index is 0.0392. The lowest BCUT2D eigenvalue weighted by atomic mass is 10.0. The van der Waals surface area contributed by atoms with Crippen molar-refractivity contribution in [1.29, 1.82) is 0 Å². The molecule has 8 heteroatoms. The lowest BCUT2D eigenvalue weighted by Crippen LogP contribution is -2.29. The van der Waals surface area contributed by atoms with E-state index in [0.29, 0.717) is 25.2 Å².